The van der Waals surface area contributed by atoms with Crippen molar-refractivity contribution in [2.45, 2.75) is 19.3 Å². The maximum absolute atomic E-state index is 12.5. The number of piperidine rings is 1. The quantitative estimate of drug-likeness (QED) is 0.762. The van der Waals surface area contributed by atoms with E-state index >= 15 is 0 Å². The van der Waals surface area contributed by atoms with Crippen molar-refractivity contribution in [3.63, 3.8) is 0 Å². The molecular formula is C14H17N3O2. The first-order valence-electron chi connectivity index (χ1n) is 6.66. The number of benzene rings is 1. The number of nitrogens with zero attached hydrogens (tertiary/aromatic N) is 3. The lowest BCUT2D eigenvalue weighted by Crippen LogP contribution is -2.54. The molecule has 2 heterocycles. The van der Waals surface area contributed by atoms with Crippen LogP contribution in [0.3, 0.4) is 0 Å². The van der Waals surface area contributed by atoms with Crippen molar-refractivity contribution in [2.24, 2.45) is 7.05 Å². The Morgan fingerprint density at radius 3 is 2.42 bits per heavy atom. The first-order chi connectivity index (χ1) is 9.20. The van der Waals surface area contributed by atoms with Crippen LogP contribution < -0.4 is 16.3 Å². The van der Waals surface area contributed by atoms with E-state index in [9.17, 15) is 9.59 Å². The van der Waals surface area contributed by atoms with Crippen molar-refractivity contribution in [2.75, 3.05) is 18.1 Å². The molecule has 0 saturated carbocycles. The number of rotatable bonds is 1. The standard InChI is InChI=1S/C14H17N3O2/c1-15-12-8-4-3-7-11(12)13(18)17(14(15)19)16-9-5-2-6-10-16/h3-4,7-8H,2,5-6,9-10H2,1H3. The summed E-state index contributed by atoms with van der Waals surface area (Å²) in [4.78, 5) is 24.9. The van der Waals surface area contributed by atoms with Gasteiger partial charge in [-0.2, -0.15) is 4.68 Å². The van der Waals surface area contributed by atoms with E-state index < -0.39 is 0 Å². The maximum atomic E-state index is 12.5. The molecule has 0 unspecified atom stereocenters. The highest BCUT2D eigenvalue weighted by Gasteiger charge is 2.17. The molecule has 5 heteroatoms. The fourth-order valence-electron chi connectivity index (χ4n) is 2.72. The predicted octanol–water partition coefficient (Wildman–Crippen LogP) is 0.822. The van der Waals surface area contributed by atoms with E-state index in [2.05, 4.69) is 0 Å². The Kier molecular flexibility index (Phi) is 2.89. The van der Waals surface area contributed by atoms with Crippen molar-refractivity contribution in [1.29, 1.82) is 0 Å². The van der Waals surface area contributed by atoms with Gasteiger partial charge in [-0.15, -0.1) is 0 Å². The zero-order valence-corrected chi connectivity index (χ0v) is 11.0. The van der Waals surface area contributed by atoms with Crippen LogP contribution in [0.5, 0.6) is 0 Å². The molecule has 0 amide bonds. The molecule has 1 fully saturated rings. The van der Waals surface area contributed by atoms with Gasteiger partial charge in [0, 0.05) is 20.1 Å². The highest BCUT2D eigenvalue weighted by atomic mass is 16.2. The molecule has 0 N–H and O–H groups in total. The van der Waals surface area contributed by atoms with Gasteiger partial charge in [0.05, 0.1) is 10.9 Å². The van der Waals surface area contributed by atoms with Crippen LogP contribution >= 0.6 is 0 Å². The molecule has 0 radical (unpaired) electrons. The van der Waals surface area contributed by atoms with Crippen molar-refractivity contribution < 1.29 is 0 Å². The number of para-hydroxylation sites is 1. The van der Waals surface area contributed by atoms with Gasteiger partial charge in [0.25, 0.3) is 5.56 Å². The van der Waals surface area contributed by atoms with Crippen LogP contribution in [0.1, 0.15) is 19.3 Å². The second kappa shape index (κ2) is 4.57. The summed E-state index contributed by atoms with van der Waals surface area (Å²) in [6.45, 7) is 1.54. The second-order valence-electron chi connectivity index (χ2n) is 4.99. The minimum atomic E-state index is -0.259. The van der Waals surface area contributed by atoms with Crippen LogP contribution in [-0.4, -0.2) is 22.3 Å². The molecule has 1 aromatic heterocycles. The summed E-state index contributed by atoms with van der Waals surface area (Å²) in [6.07, 6.45) is 3.23. The molecule has 1 aliphatic heterocycles. The predicted molar refractivity (Wildman–Crippen MR) is 75.3 cm³/mol. The molecule has 19 heavy (non-hydrogen) atoms. The molecule has 0 aliphatic carbocycles. The van der Waals surface area contributed by atoms with Gasteiger partial charge in [0.2, 0.25) is 0 Å². The van der Waals surface area contributed by atoms with Gasteiger partial charge in [-0.1, -0.05) is 12.1 Å². The first kappa shape index (κ1) is 12.0. The monoisotopic (exact) mass is 259 g/mol. The molecule has 100 valence electrons. The molecule has 1 saturated heterocycles. The number of aromatic nitrogens is 2. The fourth-order valence-corrected chi connectivity index (χ4v) is 2.72. The number of hydrogen-bond donors (Lipinski definition) is 0. The Bertz CT molecular complexity index is 724. The summed E-state index contributed by atoms with van der Waals surface area (Å²) in [5.74, 6) is 0. The minimum Gasteiger partial charge on any atom is -0.306 e. The largest absolute Gasteiger partial charge is 0.350 e. The average molecular weight is 259 g/mol. The van der Waals surface area contributed by atoms with E-state index in [1.165, 1.54) is 11.1 Å². The summed E-state index contributed by atoms with van der Waals surface area (Å²) >= 11 is 0. The van der Waals surface area contributed by atoms with E-state index in [0.29, 0.717) is 10.9 Å². The minimum absolute atomic E-state index is 0.208. The third-order valence-corrected chi connectivity index (χ3v) is 3.77. The van der Waals surface area contributed by atoms with Gasteiger partial charge in [-0.05, 0) is 31.4 Å². The van der Waals surface area contributed by atoms with Crippen molar-refractivity contribution in [1.82, 2.24) is 9.24 Å². The SMILES string of the molecule is Cn1c(=O)n(N2CCCCC2)c(=O)c2ccccc21. The lowest BCUT2D eigenvalue weighted by Gasteiger charge is -2.29. The molecule has 5 nitrogen and oxygen atoms in total. The van der Waals surface area contributed by atoms with E-state index in [4.69, 9.17) is 0 Å². The molecule has 3 rings (SSSR count). The summed E-state index contributed by atoms with van der Waals surface area (Å²) in [5.41, 5.74) is 0.219. The van der Waals surface area contributed by atoms with Crippen LogP contribution in [0.15, 0.2) is 33.9 Å². The smallest absolute Gasteiger partial charge is 0.306 e. The first-order valence-corrected chi connectivity index (χ1v) is 6.66. The van der Waals surface area contributed by atoms with E-state index in [-0.39, 0.29) is 11.2 Å². The summed E-state index contributed by atoms with van der Waals surface area (Å²) in [5, 5.41) is 2.47. The van der Waals surface area contributed by atoms with Crippen molar-refractivity contribution in [3.05, 3.63) is 45.1 Å². The molecule has 1 aliphatic rings. The van der Waals surface area contributed by atoms with Gasteiger partial charge in [-0.3, -0.25) is 9.36 Å². The summed E-state index contributed by atoms with van der Waals surface area (Å²) < 4.78 is 2.85. The lowest BCUT2D eigenvalue weighted by molar-refractivity contribution is 0.452. The zero-order chi connectivity index (χ0) is 13.4. The Morgan fingerprint density at radius 1 is 1.00 bits per heavy atom. The van der Waals surface area contributed by atoms with Crippen molar-refractivity contribution in [3.8, 4) is 0 Å². The fraction of sp³-hybridized carbons (Fsp3) is 0.429. The molecule has 0 atom stereocenters. The molecular weight excluding hydrogens is 242 g/mol. The van der Waals surface area contributed by atoms with Gasteiger partial charge < -0.3 is 5.01 Å². The van der Waals surface area contributed by atoms with Crippen LogP contribution in [0, 0.1) is 0 Å². The lowest BCUT2D eigenvalue weighted by atomic mass is 10.2. The summed E-state index contributed by atoms with van der Waals surface area (Å²) in [7, 11) is 1.71. The van der Waals surface area contributed by atoms with Gasteiger partial charge in [-0.25, -0.2) is 4.79 Å². The van der Waals surface area contributed by atoms with E-state index in [1.807, 2.05) is 17.1 Å². The Hall–Kier alpha value is -2.04. The topological polar surface area (TPSA) is 47.2 Å². The highest BCUT2D eigenvalue weighted by molar-refractivity contribution is 5.77. The zero-order valence-electron chi connectivity index (χ0n) is 11.0. The number of fused-ring (bicyclic) bond motifs is 1. The molecule has 2 aromatic rings. The number of aryl methyl sites for hydroxylation is 1. The third kappa shape index (κ3) is 1.85. The summed E-state index contributed by atoms with van der Waals surface area (Å²) in [6, 6.07) is 7.25. The van der Waals surface area contributed by atoms with Crippen molar-refractivity contribution >= 4 is 10.9 Å². The van der Waals surface area contributed by atoms with Crippen LogP contribution in [-0.2, 0) is 7.05 Å². The number of hydrogen-bond acceptors (Lipinski definition) is 3. The van der Waals surface area contributed by atoms with Gasteiger partial charge in [0.15, 0.2) is 0 Å². The Morgan fingerprint density at radius 2 is 1.68 bits per heavy atom. The Balaban J connectivity index is 2.30. The van der Waals surface area contributed by atoms with Gasteiger partial charge >= 0.3 is 5.69 Å². The van der Waals surface area contributed by atoms with Crippen LogP contribution in [0.2, 0.25) is 0 Å². The highest BCUT2D eigenvalue weighted by Crippen LogP contribution is 2.08. The second-order valence-corrected chi connectivity index (χ2v) is 4.99. The molecule has 1 aromatic carbocycles. The Labute approximate surface area is 110 Å². The maximum Gasteiger partial charge on any atom is 0.350 e. The van der Waals surface area contributed by atoms with E-state index in [1.54, 1.807) is 23.7 Å². The normalized spacial score (nSPS) is 15.9. The van der Waals surface area contributed by atoms with Crippen LogP contribution in [0.4, 0.5) is 0 Å². The van der Waals surface area contributed by atoms with E-state index in [0.717, 1.165) is 25.9 Å². The molecule has 0 spiro atoms. The van der Waals surface area contributed by atoms with Crippen LogP contribution in [0.25, 0.3) is 10.9 Å². The third-order valence-electron chi connectivity index (χ3n) is 3.77. The average Bonchev–Trinajstić information content (AvgIpc) is 2.46. The molecule has 0 bridgehead atoms. The van der Waals surface area contributed by atoms with Gasteiger partial charge in [0.1, 0.15) is 0 Å².